The molecule has 7 heteroatoms. The maximum Gasteiger partial charge on any atom is 0.321 e. The van der Waals surface area contributed by atoms with Crippen molar-refractivity contribution in [1.29, 1.82) is 0 Å². The number of anilines is 2. The number of benzene rings is 1. The van der Waals surface area contributed by atoms with Crippen LogP contribution >= 0.6 is 0 Å². The summed E-state index contributed by atoms with van der Waals surface area (Å²) < 4.78 is 10.7. The maximum absolute atomic E-state index is 12.6. The maximum atomic E-state index is 12.6. The lowest BCUT2D eigenvalue weighted by Crippen LogP contribution is -2.38. The van der Waals surface area contributed by atoms with Crippen LogP contribution in [0.3, 0.4) is 0 Å². The van der Waals surface area contributed by atoms with Gasteiger partial charge in [0.05, 0.1) is 0 Å². The summed E-state index contributed by atoms with van der Waals surface area (Å²) in [4.78, 5) is 21.0. The molecule has 4 rings (SSSR count). The van der Waals surface area contributed by atoms with E-state index in [-0.39, 0.29) is 12.8 Å². The molecule has 2 aliphatic heterocycles. The fraction of sp³-hybridized carbons (Fsp3) is 0.368. The summed E-state index contributed by atoms with van der Waals surface area (Å²) >= 11 is 0. The number of urea groups is 1. The average Bonchev–Trinajstić information content (AvgIpc) is 2.97. The van der Waals surface area contributed by atoms with Crippen molar-refractivity contribution in [2.24, 2.45) is 0 Å². The van der Waals surface area contributed by atoms with E-state index in [9.17, 15) is 4.79 Å². The molecule has 3 heterocycles. The molecule has 0 aliphatic carbocycles. The minimum Gasteiger partial charge on any atom is -0.454 e. The molecule has 1 aromatic heterocycles. The van der Waals surface area contributed by atoms with Crippen LogP contribution in [-0.2, 0) is 0 Å². The zero-order valence-corrected chi connectivity index (χ0v) is 14.8. The van der Waals surface area contributed by atoms with Crippen molar-refractivity contribution in [1.82, 2.24) is 9.88 Å². The van der Waals surface area contributed by atoms with Crippen molar-refractivity contribution in [3.8, 4) is 11.5 Å². The first-order chi connectivity index (χ1) is 12.7. The van der Waals surface area contributed by atoms with Gasteiger partial charge in [-0.05, 0) is 37.1 Å². The van der Waals surface area contributed by atoms with Crippen molar-refractivity contribution in [3.63, 3.8) is 0 Å². The second-order valence-corrected chi connectivity index (χ2v) is 6.49. The predicted molar refractivity (Wildman–Crippen MR) is 99.0 cm³/mol. The molecule has 0 radical (unpaired) electrons. The number of nitrogens with one attached hydrogen (secondary N) is 1. The highest BCUT2D eigenvalue weighted by molar-refractivity contribution is 5.89. The minimum absolute atomic E-state index is 0.0860. The van der Waals surface area contributed by atoms with E-state index in [0.717, 1.165) is 31.6 Å². The Labute approximate surface area is 152 Å². The van der Waals surface area contributed by atoms with E-state index in [1.807, 2.05) is 35.5 Å². The quantitative estimate of drug-likeness (QED) is 0.898. The van der Waals surface area contributed by atoms with Gasteiger partial charge in [0.25, 0.3) is 0 Å². The molecule has 0 saturated carbocycles. The third kappa shape index (κ3) is 3.37. The third-order valence-electron chi connectivity index (χ3n) is 4.74. The van der Waals surface area contributed by atoms with Crippen molar-refractivity contribution in [2.45, 2.75) is 13.3 Å². The largest absolute Gasteiger partial charge is 0.454 e. The molecule has 2 aliphatic rings. The lowest BCUT2D eigenvalue weighted by atomic mass is 10.2. The van der Waals surface area contributed by atoms with Crippen molar-refractivity contribution in [2.75, 3.05) is 43.2 Å². The number of carbonyl (C=O) groups is 1. The standard InChI is InChI=1S/C19H22N4O3/c1-14-12-20-6-5-16(14)22-7-2-8-23(10-9-22)19(24)21-15-3-4-17-18(11-15)26-13-25-17/h3-6,11-12H,2,7-10,13H2,1H3,(H,21,24). The Morgan fingerprint density at radius 2 is 2.00 bits per heavy atom. The molecule has 0 spiro atoms. The summed E-state index contributed by atoms with van der Waals surface area (Å²) in [5, 5.41) is 2.96. The number of hydrogen-bond acceptors (Lipinski definition) is 5. The van der Waals surface area contributed by atoms with Crippen LogP contribution < -0.4 is 19.7 Å². The zero-order valence-electron chi connectivity index (χ0n) is 14.8. The van der Waals surface area contributed by atoms with Gasteiger partial charge in [0.15, 0.2) is 11.5 Å². The predicted octanol–water partition coefficient (Wildman–Crippen LogP) is 2.86. The van der Waals surface area contributed by atoms with Gasteiger partial charge in [-0.3, -0.25) is 4.98 Å². The lowest BCUT2D eigenvalue weighted by molar-refractivity contribution is 0.174. The van der Waals surface area contributed by atoms with Crippen LogP contribution in [0.2, 0.25) is 0 Å². The van der Waals surface area contributed by atoms with E-state index in [0.29, 0.717) is 23.7 Å². The fourth-order valence-corrected chi connectivity index (χ4v) is 3.36. The molecule has 26 heavy (non-hydrogen) atoms. The highest BCUT2D eigenvalue weighted by Gasteiger charge is 2.21. The van der Waals surface area contributed by atoms with Gasteiger partial charge in [0.2, 0.25) is 6.79 Å². The van der Waals surface area contributed by atoms with Gasteiger partial charge in [0, 0.05) is 56.0 Å². The summed E-state index contributed by atoms with van der Waals surface area (Å²) in [6, 6.07) is 7.39. The summed E-state index contributed by atoms with van der Waals surface area (Å²) in [5.74, 6) is 1.37. The SMILES string of the molecule is Cc1cnccc1N1CCCN(C(=O)Nc2ccc3c(c2)OCO3)CC1. The Balaban J connectivity index is 1.39. The van der Waals surface area contributed by atoms with Crippen molar-refractivity contribution in [3.05, 3.63) is 42.2 Å². The number of ether oxygens (including phenoxy) is 2. The summed E-state index contributed by atoms with van der Waals surface area (Å²) in [6.07, 6.45) is 4.62. The molecule has 1 N–H and O–H groups in total. The van der Waals surface area contributed by atoms with E-state index in [1.54, 1.807) is 6.07 Å². The topological polar surface area (TPSA) is 66.9 Å². The highest BCUT2D eigenvalue weighted by atomic mass is 16.7. The van der Waals surface area contributed by atoms with Crippen LogP contribution in [0.1, 0.15) is 12.0 Å². The van der Waals surface area contributed by atoms with Crippen molar-refractivity contribution >= 4 is 17.4 Å². The molecule has 0 atom stereocenters. The summed E-state index contributed by atoms with van der Waals surface area (Å²) in [6.45, 7) is 5.44. The normalized spacial score (nSPS) is 16.3. The third-order valence-corrected chi connectivity index (χ3v) is 4.74. The molecule has 1 saturated heterocycles. The zero-order chi connectivity index (χ0) is 17.9. The molecule has 1 aromatic carbocycles. The van der Waals surface area contributed by atoms with Crippen molar-refractivity contribution < 1.29 is 14.3 Å². The number of carbonyl (C=O) groups excluding carboxylic acids is 1. The monoisotopic (exact) mass is 354 g/mol. The number of fused-ring (bicyclic) bond motifs is 1. The molecule has 0 bridgehead atoms. The molecular weight excluding hydrogens is 332 g/mol. The smallest absolute Gasteiger partial charge is 0.321 e. The first-order valence-corrected chi connectivity index (χ1v) is 8.82. The minimum atomic E-state index is -0.0860. The molecular formula is C19H22N4O3. The second-order valence-electron chi connectivity index (χ2n) is 6.49. The summed E-state index contributed by atoms with van der Waals surface area (Å²) in [5.41, 5.74) is 3.06. The summed E-state index contributed by atoms with van der Waals surface area (Å²) in [7, 11) is 0. The number of aromatic nitrogens is 1. The molecule has 0 unspecified atom stereocenters. The van der Waals surface area contributed by atoms with E-state index < -0.39 is 0 Å². The van der Waals surface area contributed by atoms with E-state index >= 15 is 0 Å². The van der Waals surface area contributed by atoms with Gasteiger partial charge in [-0.15, -0.1) is 0 Å². The molecule has 1 fully saturated rings. The van der Waals surface area contributed by atoms with Gasteiger partial charge in [-0.2, -0.15) is 0 Å². The van der Waals surface area contributed by atoms with E-state index in [2.05, 4.69) is 22.1 Å². The van der Waals surface area contributed by atoms with E-state index in [1.165, 1.54) is 5.69 Å². The Kier molecular flexibility index (Phi) is 4.51. The number of pyridine rings is 1. The molecule has 2 aromatic rings. The number of hydrogen-bond donors (Lipinski definition) is 1. The number of nitrogens with zero attached hydrogens (tertiary/aromatic N) is 3. The van der Waals surface area contributed by atoms with Gasteiger partial charge in [0.1, 0.15) is 0 Å². The molecule has 2 amide bonds. The first kappa shape index (κ1) is 16.5. The molecule has 136 valence electrons. The number of rotatable bonds is 2. The van der Waals surface area contributed by atoms with Crippen LogP contribution in [0.4, 0.5) is 16.2 Å². The van der Waals surface area contributed by atoms with Gasteiger partial charge in [-0.25, -0.2) is 4.79 Å². The van der Waals surface area contributed by atoms with Gasteiger partial charge >= 0.3 is 6.03 Å². The lowest BCUT2D eigenvalue weighted by Gasteiger charge is -2.25. The Bertz CT molecular complexity index is 811. The fourth-order valence-electron chi connectivity index (χ4n) is 3.36. The highest BCUT2D eigenvalue weighted by Crippen LogP contribution is 2.34. The van der Waals surface area contributed by atoms with Crippen LogP contribution in [0.5, 0.6) is 11.5 Å². The van der Waals surface area contributed by atoms with Crippen LogP contribution in [-0.4, -0.2) is 48.9 Å². The molecule has 7 nitrogen and oxygen atoms in total. The van der Waals surface area contributed by atoms with Crippen LogP contribution in [0.15, 0.2) is 36.7 Å². The number of amides is 2. The van der Waals surface area contributed by atoms with Crippen LogP contribution in [0, 0.1) is 6.92 Å². The van der Waals surface area contributed by atoms with Crippen LogP contribution in [0.25, 0.3) is 0 Å². The Hall–Kier alpha value is -2.96. The Morgan fingerprint density at radius 1 is 1.12 bits per heavy atom. The first-order valence-electron chi connectivity index (χ1n) is 8.82. The Morgan fingerprint density at radius 3 is 2.88 bits per heavy atom. The van der Waals surface area contributed by atoms with E-state index in [4.69, 9.17) is 9.47 Å². The number of aryl methyl sites for hydroxylation is 1. The van der Waals surface area contributed by atoms with Gasteiger partial charge < -0.3 is 24.6 Å². The average molecular weight is 354 g/mol. The second kappa shape index (κ2) is 7.11. The van der Waals surface area contributed by atoms with Gasteiger partial charge in [-0.1, -0.05) is 0 Å².